The minimum atomic E-state index is -0.417. The van der Waals surface area contributed by atoms with Gasteiger partial charge in [0.2, 0.25) is 0 Å². The maximum atomic E-state index is 11.8. The number of carbonyl (C=O) groups excluding carboxylic acids is 4. The third kappa shape index (κ3) is 41.0. The molecule has 2 fully saturated rings. The van der Waals surface area contributed by atoms with Gasteiger partial charge in [-0.1, -0.05) is 327 Å². The van der Waals surface area contributed by atoms with Crippen molar-refractivity contribution in [1.29, 1.82) is 0 Å². The standard InChI is InChI=1S/2C25H28N.C22H24N.C21H22N.C13H24O2.2C11H20O2.C5H8O2.4Ir/c2*1-17-13-18(2)15-23(14-17)25-24-10-9-21(16-22(24)11-12-26-25)19(3)20-7-5-4-6-8-20;1-6-16(4)20-13-18-7-8-23-22(21(18)12-17(20)5)19-10-14(2)9-15(3)11-19;1-5-16(4)18-7-6-17-8-9-22-21(20(17)13-18)19-11-14(2)10-15(3)12-19;1-7-12(3,4)10(14)9-11(15)13(5,6)8-2;2*1-10(2,3)8(12)7-9(13)11(4,5)6;1-4(6)3-5(2)7;;;;/h2*9-14,16,19-20H,4-8H2,1-3H3;7-10,12-13,16H,6H2,1-5H3;6-11,13,16H,5H2,1-4H3;9,14H,7-8H2,1-6H3;2*7,12H,1-6H3;3,6H,1-2H3;;;;/q4*-1;;;;;;;;. The van der Waals surface area contributed by atoms with Crippen molar-refractivity contribution in [3.8, 4) is 45.0 Å². The number of hydrogen-bond donors (Lipinski definition) is 4. The Balaban J connectivity index is 0.000000446. The van der Waals surface area contributed by atoms with Crippen LogP contribution in [0.1, 0.15) is 366 Å². The molecule has 12 nitrogen and oxygen atoms in total. The molecular weight excluding hydrogens is 2550 g/mol. The maximum Gasteiger partial charge on any atom is 0.164 e. The molecule has 0 spiro atoms. The molecule has 12 aromatic rings. The molecule has 4 radical (unpaired) electrons. The minimum Gasteiger partial charge on any atom is -0.512 e. The fourth-order valence-electron chi connectivity index (χ4n) is 17.8. The number of benzene rings is 8. The fraction of sp³-hybridized carbons (Fsp3) is 0.459. The van der Waals surface area contributed by atoms with Crippen molar-refractivity contribution < 1.29 is 120 Å². The van der Waals surface area contributed by atoms with Gasteiger partial charge in [-0.3, -0.25) is 19.2 Å². The first kappa shape index (κ1) is 134. The predicted octanol–water partition coefficient (Wildman–Crippen LogP) is 37.1. The van der Waals surface area contributed by atoms with Crippen LogP contribution >= 0.6 is 0 Å². The van der Waals surface area contributed by atoms with Gasteiger partial charge in [0, 0.05) is 162 Å². The zero-order chi connectivity index (χ0) is 108. The zero-order valence-electron chi connectivity index (χ0n) is 96.3. The molecule has 16 heteroatoms. The minimum absolute atomic E-state index is 0. The number of aliphatic hydroxyl groups excluding tert-OH is 4. The third-order valence-corrected chi connectivity index (χ3v) is 28.6. The van der Waals surface area contributed by atoms with Gasteiger partial charge in [-0.2, -0.15) is 0 Å². The normalized spacial score (nSPS) is 14.1. The molecule has 4 atom stereocenters. The summed E-state index contributed by atoms with van der Waals surface area (Å²) in [6.07, 6.45) is 30.8. The number of aromatic nitrogens is 4. The Morgan fingerprint density at radius 3 is 0.940 bits per heavy atom. The molecule has 0 saturated heterocycles. The fourth-order valence-corrected chi connectivity index (χ4v) is 17.8. The second-order valence-electron chi connectivity index (χ2n) is 46.6. The van der Waals surface area contributed by atoms with E-state index in [0.717, 1.165) is 93.7 Å². The second kappa shape index (κ2) is 60.5. The first-order valence-corrected chi connectivity index (χ1v) is 53.0. The molecule has 4 N–H and O–H groups in total. The number of aliphatic hydroxyl groups is 4. The van der Waals surface area contributed by atoms with Crippen molar-refractivity contribution in [3.05, 3.63) is 308 Å². The van der Waals surface area contributed by atoms with Crippen molar-refractivity contribution in [1.82, 2.24) is 19.9 Å². The molecule has 2 saturated carbocycles. The SMILES string of the molecule is CC(=O)C=C(C)O.CC(C)(C)C(=O)C=C(O)C(C)(C)C.CC(C)(C)C(=O)C=C(O)C(C)(C)C.CCC(C)(C)C(=O)C=C(O)C(C)(C)CC.CCC(C)c1cc2ccnc(-c3[c-]c(C)cc(C)c3)c2cc1C.CCC(C)c1ccc2ccnc(-c3[c-]c(C)cc(C)c3)c2c1.Cc1[c-]c(-c2nccc3cc(C(C)C4CCCCC4)ccc23)cc(C)c1.Cc1[c-]c(-c2nccc3cc(C(C)C4CCCCC4)ccc23)cc(C)c1.[Ir].[Ir].[Ir].[Ir]. The largest absolute Gasteiger partial charge is 0.512 e. The molecule has 0 bridgehead atoms. The number of fused-ring (bicyclic) bond motifs is 4. The maximum absolute atomic E-state index is 11.8. The summed E-state index contributed by atoms with van der Waals surface area (Å²) in [6.45, 7) is 69.7. The Morgan fingerprint density at radius 1 is 0.336 bits per heavy atom. The summed E-state index contributed by atoms with van der Waals surface area (Å²) in [5.74, 6) is 4.47. The van der Waals surface area contributed by atoms with E-state index in [1.165, 1.54) is 207 Å². The van der Waals surface area contributed by atoms with Crippen LogP contribution in [0, 0.1) is 131 Å². The summed E-state index contributed by atoms with van der Waals surface area (Å²) in [6, 6.07) is 65.1. The molecule has 149 heavy (non-hydrogen) atoms. The quantitative estimate of drug-likeness (QED) is 0.0320. The molecule has 0 amide bonds. The first-order valence-electron chi connectivity index (χ1n) is 53.0. The van der Waals surface area contributed by atoms with E-state index in [0.29, 0.717) is 23.7 Å². The third-order valence-electron chi connectivity index (χ3n) is 28.6. The first-order chi connectivity index (χ1) is 67.7. The Kier molecular flexibility index (Phi) is 54.4. The number of carbonyl (C=O) groups is 4. The molecule has 4 unspecified atom stereocenters. The molecule has 0 aliphatic heterocycles. The molecule has 8 aromatic carbocycles. The van der Waals surface area contributed by atoms with Crippen molar-refractivity contribution in [2.75, 3.05) is 0 Å². The van der Waals surface area contributed by atoms with Gasteiger partial charge < -0.3 is 40.4 Å². The summed E-state index contributed by atoms with van der Waals surface area (Å²) in [5, 5.41) is 47.3. The van der Waals surface area contributed by atoms with Crippen LogP contribution < -0.4 is 0 Å². The summed E-state index contributed by atoms with van der Waals surface area (Å²) in [5.41, 5.74) is 23.1. The molecule has 2 aliphatic carbocycles. The van der Waals surface area contributed by atoms with E-state index in [9.17, 15) is 34.5 Å². The average molecular weight is 2730 g/mol. The van der Waals surface area contributed by atoms with E-state index < -0.39 is 10.8 Å². The zero-order valence-corrected chi connectivity index (χ0v) is 106. The van der Waals surface area contributed by atoms with Crippen LogP contribution in [0.15, 0.2) is 212 Å². The smallest absolute Gasteiger partial charge is 0.164 e. The average Bonchev–Trinajstić information content (AvgIpc) is 0.741. The van der Waals surface area contributed by atoms with E-state index in [2.05, 4.69) is 278 Å². The number of hydrogen-bond acceptors (Lipinski definition) is 12. The van der Waals surface area contributed by atoms with Crippen LogP contribution in [0.5, 0.6) is 0 Å². The number of rotatable bonds is 20. The Bertz CT molecular complexity index is 6260. The van der Waals surface area contributed by atoms with E-state index in [-0.39, 0.29) is 148 Å². The van der Waals surface area contributed by atoms with Gasteiger partial charge in [-0.25, -0.2) is 0 Å². The number of ketones is 4. The monoisotopic (exact) mass is 2730 g/mol. The van der Waals surface area contributed by atoms with Gasteiger partial charge >= 0.3 is 0 Å². The second-order valence-corrected chi connectivity index (χ2v) is 46.6. The Morgan fingerprint density at radius 2 is 0.644 bits per heavy atom. The molecule has 4 heterocycles. The van der Waals surface area contributed by atoms with Gasteiger partial charge in [-0.15, -0.1) is 140 Å². The topological polar surface area (TPSA) is 201 Å². The van der Waals surface area contributed by atoms with Crippen molar-refractivity contribution in [2.24, 2.45) is 44.3 Å². The molecule has 814 valence electrons. The summed E-state index contributed by atoms with van der Waals surface area (Å²) < 4.78 is 0. The summed E-state index contributed by atoms with van der Waals surface area (Å²) >= 11 is 0. The predicted molar refractivity (Wildman–Crippen MR) is 614 cm³/mol. The van der Waals surface area contributed by atoms with E-state index in [4.69, 9.17) is 15.1 Å². The van der Waals surface area contributed by atoms with Gasteiger partial charge in [-0.05, 0) is 226 Å². The number of nitrogens with zero attached hydrogens (tertiary/aromatic N) is 4. The number of aryl methyl sites for hydroxylation is 9. The number of pyridine rings is 4. The van der Waals surface area contributed by atoms with Crippen LogP contribution in [-0.2, 0) is 99.6 Å². The molecule has 4 aromatic heterocycles. The Labute approximate surface area is 951 Å². The van der Waals surface area contributed by atoms with E-state index in [1.54, 1.807) is 0 Å². The molecule has 2 aliphatic rings. The van der Waals surface area contributed by atoms with Gasteiger partial charge in [0.15, 0.2) is 23.1 Å². The van der Waals surface area contributed by atoms with Crippen LogP contribution in [0.4, 0.5) is 0 Å². The Hall–Kier alpha value is -9.16. The van der Waals surface area contributed by atoms with Crippen molar-refractivity contribution >= 4 is 66.2 Å². The molecular formula is C133H174Ir4N4O8-4. The van der Waals surface area contributed by atoms with Crippen LogP contribution in [0.25, 0.3) is 88.1 Å². The van der Waals surface area contributed by atoms with Crippen LogP contribution in [0.3, 0.4) is 0 Å². The van der Waals surface area contributed by atoms with E-state index >= 15 is 0 Å². The van der Waals surface area contributed by atoms with Crippen molar-refractivity contribution in [2.45, 2.75) is 356 Å². The number of allylic oxidation sites excluding steroid dienone is 8. The molecule has 14 rings (SSSR count). The summed E-state index contributed by atoms with van der Waals surface area (Å²) in [7, 11) is 0. The van der Waals surface area contributed by atoms with Gasteiger partial charge in [0.05, 0.1) is 5.76 Å². The van der Waals surface area contributed by atoms with E-state index in [1.807, 2.05) is 149 Å². The van der Waals surface area contributed by atoms with Gasteiger partial charge in [0.25, 0.3) is 0 Å². The van der Waals surface area contributed by atoms with Crippen LogP contribution in [-0.4, -0.2) is 63.5 Å². The van der Waals surface area contributed by atoms with Crippen molar-refractivity contribution in [3.63, 3.8) is 0 Å². The summed E-state index contributed by atoms with van der Waals surface area (Å²) in [4.78, 5) is 63.5. The van der Waals surface area contributed by atoms with Gasteiger partial charge in [0.1, 0.15) is 17.3 Å². The van der Waals surface area contributed by atoms with Crippen LogP contribution in [0.2, 0.25) is 0 Å².